The van der Waals surface area contributed by atoms with Crippen molar-refractivity contribution in [3.8, 4) is 11.3 Å². The van der Waals surface area contributed by atoms with Crippen molar-refractivity contribution in [3.05, 3.63) is 57.5 Å². The zero-order chi connectivity index (χ0) is 23.0. The van der Waals surface area contributed by atoms with Gasteiger partial charge in [0, 0.05) is 42.3 Å². The number of aromatic amines is 1. The number of carbonyl (C=O) groups is 1. The van der Waals surface area contributed by atoms with Crippen LogP contribution in [-0.4, -0.2) is 47.0 Å². The molecule has 0 saturated carbocycles. The van der Waals surface area contributed by atoms with Crippen LogP contribution in [0.1, 0.15) is 55.2 Å². The van der Waals surface area contributed by atoms with Gasteiger partial charge < -0.3 is 14.9 Å². The summed E-state index contributed by atoms with van der Waals surface area (Å²) in [5.41, 5.74) is 6.76. The third kappa shape index (κ3) is 4.24. The van der Waals surface area contributed by atoms with Crippen LogP contribution in [0.25, 0.3) is 22.2 Å². The molecule has 1 amide bonds. The van der Waals surface area contributed by atoms with Crippen LogP contribution >= 0.6 is 0 Å². The Morgan fingerprint density at radius 1 is 1.22 bits per heavy atom. The number of rotatable bonds is 5. The summed E-state index contributed by atoms with van der Waals surface area (Å²) < 4.78 is 1.66. The van der Waals surface area contributed by atoms with E-state index in [9.17, 15) is 9.59 Å². The van der Waals surface area contributed by atoms with Gasteiger partial charge in [0.25, 0.3) is 5.56 Å². The predicted octanol–water partition coefficient (Wildman–Crippen LogP) is 3.89. The molecule has 0 spiro atoms. The van der Waals surface area contributed by atoms with E-state index in [1.165, 1.54) is 16.5 Å². The van der Waals surface area contributed by atoms with Crippen molar-refractivity contribution < 1.29 is 4.79 Å². The average molecular weight is 435 g/mol. The van der Waals surface area contributed by atoms with Gasteiger partial charge in [-0.2, -0.15) is 0 Å². The Labute approximate surface area is 189 Å². The molecule has 2 aromatic heterocycles. The van der Waals surface area contributed by atoms with Crippen molar-refractivity contribution in [1.29, 1.82) is 0 Å². The summed E-state index contributed by atoms with van der Waals surface area (Å²) >= 11 is 0. The van der Waals surface area contributed by atoms with E-state index < -0.39 is 0 Å². The maximum absolute atomic E-state index is 12.2. The van der Waals surface area contributed by atoms with Crippen molar-refractivity contribution in [3.63, 3.8) is 0 Å². The number of H-pyrrole nitrogens is 1. The molecule has 1 aliphatic heterocycles. The van der Waals surface area contributed by atoms with Crippen LogP contribution in [0.5, 0.6) is 0 Å². The second kappa shape index (κ2) is 8.94. The van der Waals surface area contributed by atoms with Gasteiger partial charge in [-0.15, -0.1) is 0 Å². The van der Waals surface area contributed by atoms with E-state index in [1.54, 1.807) is 11.6 Å². The number of aromatic nitrogens is 2. The minimum absolute atomic E-state index is 0.0426. The maximum atomic E-state index is 12.2. The van der Waals surface area contributed by atoms with Gasteiger partial charge in [-0.1, -0.05) is 19.9 Å². The van der Waals surface area contributed by atoms with Crippen molar-refractivity contribution in [2.24, 2.45) is 7.05 Å². The number of piperidine rings is 1. The number of hydrogen-bond acceptors (Lipinski definition) is 3. The number of nitrogens with one attached hydrogen (secondary N) is 2. The monoisotopic (exact) mass is 434 g/mol. The van der Waals surface area contributed by atoms with Crippen molar-refractivity contribution in [2.45, 2.75) is 45.4 Å². The second-order valence-corrected chi connectivity index (χ2v) is 9.42. The van der Waals surface area contributed by atoms with Gasteiger partial charge in [-0.3, -0.25) is 14.5 Å². The van der Waals surface area contributed by atoms with Crippen LogP contribution in [0.4, 0.5) is 0 Å². The molecule has 1 aliphatic rings. The highest BCUT2D eigenvalue weighted by Gasteiger charge is 2.23. The normalized spacial score (nSPS) is 15.6. The van der Waals surface area contributed by atoms with Gasteiger partial charge in [0.05, 0.1) is 12.2 Å². The summed E-state index contributed by atoms with van der Waals surface area (Å²) in [4.78, 5) is 29.7. The van der Waals surface area contributed by atoms with Crippen LogP contribution < -0.4 is 10.9 Å². The molecule has 1 saturated heterocycles. The molecule has 0 aliphatic carbocycles. The Morgan fingerprint density at radius 2 is 1.94 bits per heavy atom. The first-order chi connectivity index (χ1) is 15.3. The van der Waals surface area contributed by atoms with Gasteiger partial charge in [0.1, 0.15) is 0 Å². The smallest absolute Gasteiger partial charge is 0.253 e. The highest BCUT2D eigenvalue weighted by atomic mass is 16.2. The van der Waals surface area contributed by atoms with Crippen LogP contribution in [0.2, 0.25) is 0 Å². The molecule has 3 heterocycles. The molecule has 0 radical (unpaired) electrons. The lowest BCUT2D eigenvalue weighted by atomic mass is 9.87. The first kappa shape index (κ1) is 22.3. The van der Waals surface area contributed by atoms with Crippen molar-refractivity contribution >= 4 is 16.8 Å². The van der Waals surface area contributed by atoms with Crippen LogP contribution in [-0.2, 0) is 11.8 Å². The fourth-order valence-corrected chi connectivity index (χ4v) is 5.03. The van der Waals surface area contributed by atoms with Gasteiger partial charge in [-0.05, 0) is 74.0 Å². The molecule has 32 heavy (non-hydrogen) atoms. The fourth-order valence-electron chi connectivity index (χ4n) is 5.03. The molecule has 0 atom stereocenters. The SMILES string of the molecule is CNC(=O)CN1CCC(c2ccc3[nH]c(-c4cc(C)c(=O)n(C)c4)c(C(C)C)c3c2)CC1. The molecule has 4 rings (SSSR count). The highest BCUT2D eigenvalue weighted by Crippen LogP contribution is 2.38. The zero-order valence-corrected chi connectivity index (χ0v) is 19.8. The number of carbonyl (C=O) groups excluding carboxylic acids is 1. The first-order valence-electron chi connectivity index (χ1n) is 11.5. The van der Waals surface area contributed by atoms with Gasteiger partial charge >= 0.3 is 0 Å². The molecule has 0 unspecified atom stereocenters. The van der Waals surface area contributed by atoms with Crippen LogP contribution in [0.15, 0.2) is 35.3 Å². The number of likely N-dealkylation sites (tertiary alicyclic amines) is 1. The Morgan fingerprint density at radius 3 is 2.56 bits per heavy atom. The van der Waals surface area contributed by atoms with E-state index in [-0.39, 0.29) is 11.5 Å². The summed E-state index contributed by atoms with van der Waals surface area (Å²) in [7, 11) is 3.50. The number of likely N-dealkylation sites (N-methyl/N-ethyl adjacent to an activating group) is 1. The minimum Gasteiger partial charge on any atom is -0.358 e. The number of amides is 1. The molecule has 3 aromatic rings. The lowest BCUT2D eigenvalue weighted by molar-refractivity contribution is -0.122. The summed E-state index contributed by atoms with van der Waals surface area (Å²) in [6.07, 6.45) is 4.06. The summed E-state index contributed by atoms with van der Waals surface area (Å²) in [5.74, 6) is 0.944. The number of pyridine rings is 1. The molecule has 2 N–H and O–H groups in total. The van der Waals surface area contributed by atoms with Gasteiger partial charge in [-0.25, -0.2) is 0 Å². The van der Waals surface area contributed by atoms with E-state index >= 15 is 0 Å². The molecule has 0 bridgehead atoms. The molecule has 6 nitrogen and oxygen atoms in total. The van der Waals surface area contributed by atoms with E-state index in [1.807, 2.05) is 26.2 Å². The number of hydrogen-bond donors (Lipinski definition) is 2. The predicted molar refractivity (Wildman–Crippen MR) is 130 cm³/mol. The topological polar surface area (TPSA) is 70.1 Å². The Hall–Kier alpha value is -2.86. The lowest BCUT2D eigenvalue weighted by Crippen LogP contribution is -2.40. The molecule has 6 heteroatoms. The van der Waals surface area contributed by atoms with Gasteiger partial charge in [0.2, 0.25) is 5.91 Å². The van der Waals surface area contributed by atoms with Crippen molar-refractivity contribution in [2.75, 3.05) is 26.7 Å². The van der Waals surface area contributed by atoms with Crippen LogP contribution in [0.3, 0.4) is 0 Å². The van der Waals surface area contributed by atoms with Crippen LogP contribution in [0, 0.1) is 6.92 Å². The maximum Gasteiger partial charge on any atom is 0.253 e. The quantitative estimate of drug-likeness (QED) is 0.640. The van der Waals surface area contributed by atoms with E-state index in [0.717, 1.165) is 48.3 Å². The minimum atomic E-state index is 0.0426. The Bertz CT molecular complexity index is 1170. The lowest BCUT2D eigenvalue weighted by Gasteiger charge is -2.31. The second-order valence-electron chi connectivity index (χ2n) is 9.42. The van der Waals surface area contributed by atoms with Crippen molar-refractivity contribution in [1.82, 2.24) is 19.8 Å². The Balaban J connectivity index is 1.67. The molecule has 170 valence electrons. The summed E-state index contributed by atoms with van der Waals surface area (Å²) in [5, 5.41) is 3.99. The van der Waals surface area contributed by atoms with Gasteiger partial charge in [0.15, 0.2) is 0 Å². The average Bonchev–Trinajstić information content (AvgIpc) is 3.16. The number of benzene rings is 1. The Kier molecular flexibility index (Phi) is 6.24. The zero-order valence-electron chi connectivity index (χ0n) is 19.8. The van der Waals surface area contributed by atoms with E-state index in [2.05, 4.69) is 47.2 Å². The van der Waals surface area contributed by atoms with E-state index in [0.29, 0.717) is 18.4 Å². The third-order valence-electron chi connectivity index (χ3n) is 6.80. The fraction of sp³-hybridized carbons (Fsp3) is 0.462. The van der Waals surface area contributed by atoms with E-state index in [4.69, 9.17) is 0 Å². The summed E-state index contributed by atoms with van der Waals surface area (Å²) in [6, 6.07) is 8.80. The largest absolute Gasteiger partial charge is 0.358 e. The summed E-state index contributed by atoms with van der Waals surface area (Å²) in [6.45, 7) is 8.71. The molecule has 1 aromatic carbocycles. The highest BCUT2D eigenvalue weighted by molar-refractivity contribution is 5.92. The number of aryl methyl sites for hydroxylation is 2. The number of fused-ring (bicyclic) bond motifs is 1. The molecular formula is C26H34N4O2. The standard InChI is InChI=1S/C26H34N4O2/c1-16(2)24-21-13-19(18-8-10-30(11-9-18)15-23(31)27-4)6-7-22(21)28-25(24)20-12-17(3)26(32)29(5)14-20/h6-7,12-14,16,18,28H,8-11,15H2,1-5H3,(H,27,31). The third-order valence-corrected chi connectivity index (χ3v) is 6.80. The first-order valence-corrected chi connectivity index (χ1v) is 11.5. The molecule has 1 fully saturated rings. The molecular weight excluding hydrogens is 400 g/mol. The number of nitrogens with zero attached hydrogens (tertiary/aromatic N) is 2.